The molecule has 0 radical (unpaired) electrons. The summed E-state index contributed by atoms with van der Waals surface area (Å²) in [5.74, 6) is -2.60. The van der Waals surface area contributed by atoms with Gasteiger partial charge in [0.05, 0.1) is 13.7 Å². The number of esters is 1. The van der Waals surface area contributed by atoms with Crippen LogP contribution in [-0.4, -0.2) is 75.8 Å². The quantitative estimate of drug-likeness (QED) is 0.182. The Morgan fingerprint density at radius 2 is 1.86 bits per heavy atom. The van der Waals surface area contributed by atoms with Crippen LogP contribution >= 0.6 is 11.8 Å². The summed E-state index contributed by atoms with van der Waals surface area (Å²) in [6, 6.07) is 3.05. The minimum atomic E-state index is -1.11. The Morgan fingerprint density at radius 1 is 1.22 bits per heavy atom. The van der Waals surface area contributed by atoms with Crippen molar-refractivity contribution >= 4 is 41.7 Å². The molecule has 200 valence electrons. The minimum Gasteiger partial charge on any atom is -0.480 e. The van der Waals surface area contributed by atoms with E-state index in [0.29, 0.717) is 11.3 Å². The van der Waals surface area contributed by atoms with Crippen LogP contribution in [-0.2, 0) is 28.7 Å². The Morgan fingerprint density at radius 3 is 2.43 bits per heavy atom. The number of fused-ring (bicyclic) bond motifs is 1. The third kappa shape index (κ3) is 5.98. The molecule has 1 aromatic carbocycles. The van der Waals surface area contributed by atoms with Crippen LogP contribution < -0.4 is 15.4 Å². The molecule has 2 saturated heterocycles. The van der Waals surface area contributed by atoms with E-state index in [9.17, 15) is 29.1 Å². The second-order valence-electron chi connectivity index (χ2n) is 8.87. The van der Waals surface area contributed by atoms with E-state index in [1.54, 1.807) is 39.8 Å². The minimum absolute atomic E-state index is 0.149. The van der Waals surface area contributed by atoms with Gasteiger partial charge in [0.2, 0.25) is 11.8 Å². The number of allylic oxidation sites excluding steroid dienone is 1. The van der Waals surface area contributed by atoms with Gasteiger partial charge in [0.25, 0.3) is 0 Å². The van der Waals surface area contributed by atoms with Crippen LogP contribution in [0.25, 0.3) is 0 Å². The molecule has 0 aliphatic carbocycles. The van der Waals surface area contributed by atoms with Crippen molar-refractivity contribution in [2.45, 2.75) is 55.9 Å². The first-order valence-electron chi connectivity index (χ1n) is 11.4. The zero-order chi connectivity index (χ0) is 27.5. The van der Waals surface area contributed by atoms with E-state index in [1.807, 2.05) is 0 Å². The van der Waals surface area contributed by atoms with Crippen LogP contribution in [0.15, 0.2) is 36.0 Å². The molecular formula is C24H29N3O9S. The summed E-state index contributed by atoms with van der Waals surface area (Å²) in [6.45, 7) is 6.84. The number of amides is 2. The molecule has 0 spiro atoms. The monoisotopic (exact) mass is 535 g/mol. The molecule has 37 heavy (non-hydrogen) atoms. The van der Waals surface area contributed by atoms with Crippen molar-refractivity contribution in [1.82, 2.24) is 15.5 Å². The highest BCUT2D eigenvalue weighted by Crippen LogP contribution is 2.50. The third-order valence-electron chi connectivity index (χ3n) is 5.82. The second kappa shape index (κ2) is 11.1. The lowest BCUT2D eigenvalue weighted by molar-refractivity contribution is -0.161. The predicted octanol–water partition coefficient (Wildman–Crippen LogP) is 1.56. The summed E-state index contributed by atoms with van der Waals surface area (Å²) in [4.78, 5) is 62.5. The number of aliphatic carboxylic acids is 1. The van der Waals surface area contributed by atoms with Gasteiger partial charge in [0, 0.05) is 16.5 Å². The molecule has 1 aromatic rings. The first-order valence-corrected chi connectivity index (χ1v) is 12.3. The predicted molar refractivity (Wildman–Crippen MR) is 131 cm³/mol. The van der Waals surface area contributed by atoms with Crippen molar-refractivity contribution in [2.24, 2.45) is 0 Å². The van der Waals surface area contributed by atoms with Gasteiger partial charge in [-0.1, -0.05) is 12.1 Å². The highest BCUT2D eigenvalue weighted by atomic mass is 32.2. The number of carboxylic acids is 1. The van der Waals surface area contributed by atoms with Gasteiger partial charge in [-0.25, -0.2) is 14.4 Å². The summed E-state index contributed by atoms with van der Waals surface area (Å²) in [7, 11) is 1.22. The van der Waals surface area contributed by atoms with E-state index < -0.39 is 58.2 Å². The molecule has 2 fully saturated rings. The van der Waals surface area contributed by atoms with Gasteiger partial charge in [-0.2, -0.15) is 0 Å². The number of hydrogen-bond acceptors (Lipinski definition) is 10. The number of methoxy groups -OCH3 is 1. The molecule has 0 bridgehead atoms. The van der Waals surface area contributed by atoms with Gasteiger partial charge >= 0.3 is 18.1 Å². The molecule has 2 amide bonds. The fourth-order valence-electron chi connectivity index (χ4n) is 4.16. The van der Waals surface area contributed by atoms with E-state index in [0.717, 1.165) is 0 Å². The number of nitrogens with one attached hydrogen (secondary N) is 2. The van der Waals surface area contributed by atoms with Crippen molar-refractivity contribution in [3.05, 3.63) is 41.6 Å². The van der Waals surface area contributed by atoms with Crippen LogP contribution in [0.4, 0.5) is 4.79 Å². The molecule has 3 N–H and O–H groups in total. The maximum atomic E-state index is 13.4. The Kier molecular flexibility index (Phi) is 8.36. The summed E-state index contributed by atoms with van der Waals surface area (Å²) in [5.41, 5.74) is 0.764. The van der Waals surface area contributed by atoms with E-state index in [2.05, 4.69) is 15.4 Å². The molecule has 2 unspecified atom stereocenters. The van der Waals surface area contributed by atoms with Gasteiger partial charge < -0.3 is 34.9 Å². The molecular weight excluding hydrogens is 506 g/mol. The Bertz CT molecular complexity index is 1120. The Labute approximate surface area is 217 Å². The van der Waals surface area contributed by atoms with Crippen molar-refractivity contribution in [1.29, 1.82) is 0 Å². The molecule has 2 aliphatic rings. The fourth-order valence-corrected chi connectivity index (χ4v) is 5.78. The Balaban J connectivity index is 1.81. The van der Waals surface area contributed by atoms with Crippen LogP contribution in [0.1, 0.15) is 39.3 Å². The highest BCUT2D eigenvalue weighted by Gasteiger charge is 2.64. The number of ether oxygens (including phenoxy) is 3. The van der Waals surface area contributed by atoms with Gasteiger partial charge in [-0.15, -0.1) is 11.8 Å². The van der Waals surface area contributed by atoms with Crippen molar-refractivity contribution in [3.63, 3.8) is 0 Å². The smallest absolute Gasteiger partial charge is 0.480 e. The topological polar surface area (TPSA) is 161 Å². The number of carbonyl (C=O) groups is 5. The largest absolute Gasteiger partial charge is 0.513 e. The lowest BCUT2D eigenvalue weighted by Gasteiger charge is -2.44. The van der Waals surface area contributed by atoms with Crippen LogP contribution in [0.2, 0.25) is 0 Å². The number of carbonyl (C=O) groups excluding carboxylic acids is 4. The van der Waals surface area contributed by atoms with Gasteiger partial charge in [-0.05, 0) is 45.4 Å². The van der Waals surface area contributed by atoms with E-state index >= 15 is 0 Å². The molecule has 2 heterocycles. The molecule has 13 heteroatoms. The standard InChI is InChI=1S/C24H29N3O9S/c1-6-35-23(33)36-14-9-7-13(8-10-14)16(25-12(2)11-15(28)34-5)19(29)26-17-20(30)27-18(22(31)32)24(3,4)37-21(17)27/h7-11,16-18,21,25H,6H2,1-5H3,(H,26,29)(H,31,32)/b12-11+/t16?,17?,18-,21+/m0/s1. The zero-order valence-electron chi connectivity index (χ0n) is 21.0. The number of hydrogen-bond donors (Lipinski definition) is 3. The molecule has 0 saturated carbocycles. The Hall–Kier alpha value is -3.74. The number of benzene rings is 1. The van der Waals surface area contributed by atoms with E-state index in [-0.39, 0.29) is 12.4 Å². The normalized spacial score (nSPS) is 22.7. The lowest BCUT2D eigenvalue weighted by atomic mass is 9.95. The van der Waals surface area contributed by atoms with Crippen LogP contribution in [0.3, 0.4) is 0 Å². The highest BCUT2D eigenvalue weighted by molar-refractivity contribution is 8.01. The average molecular weight is 536 g/mol. The SMILES string of the molecule is CCOC(=O)Oc1ccc(C(N/C(C)=C/C(=O)OC)C(=O)NC2C(=O)N3[C@@H]2SC(C)(C)[C@@H]3C(=O)O)cc1. The van der Waals surface area contributed by atoms with Gasteiger partial charge in [-0.3, -0.25) is 9.59 Å². The average Bonchev–Trinajstić information content (AvgIpc) is 3.09. The van der Waals surface area contributed by atoms with E-state index in [1.165, 1.54) is 42.0 Å². The first kappa shape index (κ1) is 27.8. The number of carboxylic acid groups (broad SMARTS) is 1. The summed E-state index contributed by atoms with van der Waals surface area (Å²) in [5, 5.41) is 14.7. The van der Waals surface area contributed by atoms with Crippen molar-refractivity contribution < 1.29 is 43.3 Å². The van der Waals surface area contributed by atoms with Gasteiger partial charge in [0.15, 0.2) is 0 Å². The first-order chi connectivity index (χ1) is 17.4. The number of rotatable bonds is 9. The second-order valence-corrected chi connectivity index (χ2v) is 10.6. The number of β-lactam (4-membered cyclic amide) rings is 1. The molecule has 12 nitrogen and oxygen atoms in total. The molecule has 2 aliphatic heterocycles. The number of thioether (sulfide) groups is 1. The van der Waals surface area contributed by atoms with Crippen molar-refractivity contribution in [3.8, 4) is 5.75 Å². The number of nitrogens with zero attached hydrogens (tertiary/aromatic N) is 1. The summed E-state index contributed by atoms with van der Waals surface area (Å²) < 4.78 is 13.7. The van der Waals surface area contributed by atoms with Crippen LogP contribution in [0, 0.1) is 0 Å². The maximum Gasteiger partial charge on any atom is 0.513 e. The fraction of sp³-hybridized carbons (Fsp3) is 0.458. The van der Waals surface area contributed by atoms with Crippen molar-refractivity contribution in [2.75, 3.05) is 13.7 Å². The lowest BCUT2D eigenvalue weighted by Crippen LogP contribution is -2.71. The summed E-state index contributed by atoms with van der Waals surface area (Å²) >= 11 is 1.31. The summed E-state index contributed by atoms with van der Waals surface area (Å²) in [6.07, 6.45) is 0.297. The zero-order valence-corrected chi connectivity index (χ0v) is 21.8. The molecule has 0 aromatic heterocycles. The van der Waals surface area contributed by atoms with Gasteiger partial charge in [0.1, 0.15) is 29.2 Å². The van der Waals surface area contributed by atoms with E-state index in [4.69, 9.17) is 9.47 Å². The molecule has 3 rings (SSSR count). The van der Waals surface area contributed by atoms with Crippen LogP contribution in [0.5, 0.6) is 5.75 Å². The molecule has 4 atom stereocenters. The maximum absolute atomic E-state index is 13.4. The third-order valence-corrected chi connectivity index (χ3v) is 7.39.